The molecule has 3 heterocycles. The average Bonchev–Trinajstić information content (AvgIpc) is 3.05. The van der Waals surface area contributed by atoms with Gasteiger partial charge in [-0.2, -0.15) is 0 Å². The molecular formula is C19H22N4O3. The third kappa shape index (κ3) is 4.86. The molecule has 7 heteroatoms. The van der Waals surface area contributed by atoms with E-state index in [2.05, 4.69) is 20.3 Å². The van der Waals surface area contributed by atoms with E-state index in [9.17, 15) is 4.79 Å². The van der Waals surface area contributed by atoms with Crippen LogP contribution in [0.1, 0.15) is 22.5 Å². The number of rotatable bonds is 8. The first kappa shape index (κ1) is 18.0. The molecule has 136 valence electrons. The molecule has 1 aliphatic heterocycles. The smallest absolute Gasteiger partial charge is 0.226 e. The average molecular weight is 354 g/mol. The van der Waals surface area contributed by atoms with Gasteiger partial charge in [-0.05, 0) is 23.8 Å². The third-order valence-corrected chi connectivity index (χ3v) is 3.97. The maximum atomic E-state index is 12.1. The summed E-state index contributed by atoms with van der Waals surface area (Å²) in [5, 5.41) is 2.90. The maximum absolute atomic E-state index is 12.1. The number of amides is 1. The highest BCUT2D eigenvalue weighted by atomic mass is 16.5. The van der Waals surface area contributed by atoms with E-state index in [4.69, 9.17) is 9.47 Å². The zero-order valence-electron chi connectivity index (χ0n) is 14.8. The van der Waals surface area contributed by atoms with Crippen molar-refractivity contribution in [1.29, 1.82) is 0 Å². The molecule has 3 rings (SSSR count). The highest BCUT2D eigenvalue weighted by Gasteiger charge is 2.19. The van der Waals surface area contributed by atoms with E-state index in [-0.39, 0.29) is 12.3 Å². The van der Waals surface area contributed by atoms with Crippen LogP contribution in [0.15, 0.2) is 41.7 Å². The Kier molecular flexibility index (Phi) is 6.27. The number of nitrogens with one attached hydrogen (secondary N) is 1. The number of aromatic nitrogens is 2. The number of aliphatic imine (C=N–C) groups is 1. The number of carbonyl (C=O) groups is 1. The SMILES string of the molecule is COCCOC1=NCc2cc(CC(=O)NCCc3ccccn3)ncc21. The minimum atomic E-state index is -0.0520. The van der Waals surface area contributed by atoms with Gasteiger partial charge in [0.2, 0.25) is 11.8 Å². The molecule has 2 aromatic rings. The van der Waals surface area contributed by atoms with Crippen molar-refractivity contribution in [3.05, 3.63) is 59.2 Å². The second kappa shape index (κ2) is 9.05. The maximum Gasteiger partial charge on any atom is 0.226 e. The van der Waals surface area contributed by atoms with Crippen molar-refractivity contribution in [3.8, 4) is 0 Å². The highest BCUT2D eigenvalue weighted by Crippen LogP contribution is 2.19. The van der Waals surface area contributed by atoms with Gasteiger partial charge in [-0.15, -0.1) is 0 Å². The van der Waals surface area contributed by atoms with Gasteiger partial charge in [0.15, 0.2) is 0 Å². The monoisotopic (exact) mass is 354 g/mol. The molecule has 0 bridgehead atoms. The van der Waals surface area contributed by atoms with Gasteiger partial charge < -0.3 is 14.8 Å². The summed E-state index contributed by atoms with van der Waals surface area (Å²) in [5.41, 5.74) is 3.61. The van der Waals surface area contributed by atoms with E-state index in [1.807, 2.05) is 24.3 Å². The topological polar surface area (TPSA) is 85.7 Å². The minimum absolute atomic E-state index is 0.0520. The first-order valence-corrected chi connectivity index (χ1v) is 8.57. The molecule has 7 nitrogen and oxygen atoms in total. The quantitative estimate of drug-likeness (QED) is 0.722. The molecule has 0 spiro atoms. The number of ether oxygens (including phenoxy) is 2. The Balaban J connectivity index is 1.48. The van der Waals surface area contributed by atoms with Crippen LogP contribution in [0, 0.1) is 0 Å². The molecule has 0 saturated carbocycles. The highest BCUT2D eigenvalue weighted by molar-refractivity contribution is 5.97. The third-order valence-electron chi connectivity index (χ3n) is 3.97. The van der Waals surface area contributed by atoms with Gasteiger partial charge in [0.05, 0.1) is 30.8 Å². The second-order valence-electron chi connectivity index (χ2n) is 5.89. The molecule has 2 aromatic heterocycles. The van der Waals surface area contributed by atoms with Gasteiger partial charge in [-0.25, -0.2) is 4.99 Å². The first-order valence-electron chi connectivity index (χ1n) is 8.57. The van der Waals surface area contributed by atoms with Crippen molar-refractivity contribution < 1.29 is 14.3 Å². The summed E-state index contributed by atoms with van der Waals surface area (Å²) in [6.07, 6.45) is 4.43. The Morgan fingerprint density at radius 3 is 2.96 bits per heavy atom. The van der Waals surface area contributed by atoms with Crippen LogP contribution in [0.25, 0.3) is 0 Å². The fourth-order valence-electron chi connectivity index (χ4n) is 2.66. The van der Waals surface area contributed by atoms with Crippen LogP contribution in [0.5, 0.6) is 0 Å². The van der Waals surface area contributed by atoms with Crippen molar-refractivity contribution >= 4 is 11.8 Å². The summed E-state index contributed by atoms with van der Waals surface area (Å²) in [6, 6.07) is 7.68. The van der Waals surface area contributed by atoms with Gasteiger partial charge in [-0.3, -0.25) is 14.8 Å². The largest absolute Gasteiger partial charge is 0.475 e. The number of nitrogens with zero attached hydrogens (tertiary/aromatic N) is 3. The van der Waals surface area contributed by atoms with Crippen LogP contribution < -0.4 is 5.32 Å². The summed E-state index contributed by atoms with van der Waals surface area (Å²) >= 11 is 0. The summed E-state index contributed by atoms with van der Waals surface area (Å²) in [6.45, 7) is 2.07. The van der Waals surface area contributed by atoms with E-state index in [0.29, 0.717) is 38.6 Å². The number of methoxy groups -OCH3 is 1. The normalized spacial score (nSPS) is 12.4. The zero-order valence-corrected chi connectivity index (χ0v) is 14.8. The lowest BCUT2D eigenvalue weighted by Gasteiger charge is -2.08. The lowest BCUT2D eigenvalue weighted by molar-refractivity contribution is -0.120. The lowest BCUT2D eigenvalue weighted by atomic mass is 10.1. The Morgan fingerprint density at radius 2 is 2.15 bits per heavy atom. The first-order chi connectivity index (χ1) is 12.8. The molecule has 1 aliphatic rings. The Labute approximate surface area is 152 Å². The fraction of sp³-hybridized carbons (Fsp3) is 0.368. The molecule has 0 atom stereocenters. The molecule has 1 amide bonds. The van der Waals surface area contributed by atoms with Crippen LogP contribution >= 0.6 is 0 Å². The van der Waals surface area contributed by atoms with Gasteiger partial charge in [-0.1, -0.05) is 6.07 Å². The fourth-order valence-corrected chi connectivity index (χ4v) is 2.66. The number of carbonyl (C=O) groups excluding carboxylic acids is 1. The van der Waals surface area contributed by atoms with Crippen molar-refractivity contribution in [2.24, 2.45) is 4.99 Å². The van der Waals surface area contributed by atoms with Gasteiger partial charge in [0.1, 0.15) is 6.61 Å². The second-order valence-corrected chi connectivity index (χ2v) is 5.89. The lowest BCUT2D eigenvalue weighted by Crippen LogP contribution is -2.27. The van der Waals surface area contributed by atoms with E-state index < -0.39 is 0 Å². The predicted molar refractivity (Wildman–Crippen MR) is 97.0 cm³/mol. The van der Waals surface area contributed by atoms with Crippen LogP contribution in [0.2, 0.25) is 0 Å². The van der Waals surface area contributed by atoms with Gasteiger partial charge in [0.25, 0.3) is 0 Å². The molecule has 0 radical (unpaired) electrons. The Hall–Kier alpha value is -2.80. The summed E-state index contributed by atoms with van der Waals surface area (Å²) in [5.74, 6) is 0.541. The minimum Gasteiger partial charge on any atom is -0.475 e. The van der Waals surface area contributed by atoms with E-state index >= 15 is 0 Å². The summed E-state index contributed by atoms with van der Waals surface area (Å²) in [7, 11) is 1.63. The van der Waals surface area contributed by atoms with Gasteiger partial charge in [0, 0.05) is 38.2 Å². The molecule has 26 heavy (non-hydrogen) atoms. The number of hydrogen-bond acceptors (Lipinski definition) is 6. The van der Waals surface area contributed by atoms with Crippen molar-refractivity contribution in [2.45, 2.75) is 19.4 Å². The van der Waals surface area contributed by atoms with Crippen LogP contribution in [-0.4, -0.2) is 48.6 Å². The Bertz CT molecular complexity index is 778. The molecule has 0 fully saturated rings. The number of hydrogen-bond donors (Lipinski definition) is 1. The zero-order chi connectivity index (χ0) is 18.2. The Morgan fingerprint density at radius 1 is 1.23 bits per heavy atom. The van der Waals surface area contributed by atoms with Crippen LogP contribution in [0.3, 0.4) is 0 Å². The standard InChI is InChI=1S/C19H22N4O3/c1-25-8-9-26-19-17-13-22-16(10-14(17)12-23-19)11-18(24)21-7-5-15-4-2-3-6-20-15/h2-4,6,10,13H,5,7-9,11-12H2,1H3,(H,21,24). The number of fused-ring (bicyclic) bond motifs is 1. The van der Waals surface area contributed by atoms with Crippen molar-refractivity contribution in [2.75, 3.05) is 26.9 Å². The molecule has 1 N–H and O–H groups in total. The molecule has 0 aliphatic carbocycles. The summed E-state index contributed by atoms with van der Waals surface area (Å²) < 4.78 is 10.6. The summed E-state index contributed by atoms with van der Waals surface area (Å²) in [4.78, 5) is 25.1. The van der Waals surface area contributed by atoms with Crippen LogP contribution in [0.4, 0.5) is 0 Å². The van der Waals surface area contributed by atoms with Gasteiger partial charge >= 0.3 is 0 Å². The van der Waals surface area contributed by atoms with E-state index in [1.54, 1.807) is 19.5 Å². The van der Waals surface area contributed by atoms with Crippen molar-refractivity contribution in [1.82, 2.24) is 15.3 Å². The number of pyridine rings is 2. The molecule has 0 aromatic carbocycles. The van der Waals surface area contributed by atoms with Crippen LogP contribution in [-0.2, 0) is 33.7 Å². The predicted octanol–water partition coefficient (Wildman–Crippen LogP) is 1.30. The van der Waals surface area contributed by atoms with Crippen molar-refractivity contribution in [3.63, 3.8) is 0 Å². The molecule has 0 unspecified atom stereocenters. The molecule has 0 saturated heterocycles. The molecular weight excluding hydrogens is 332 g/mol. The van der Waals surface area contributed by atoms with E-state index in [1.165, 1.54) is 0 Å². The van der Waals surface area contributed by atoms with E-state index in [0.717, 1.165) is 22.5 Å².